The first kappa shape index (κ1) is 15.1. The number of nitrogens with zero attached hydrogens (tertiary/aromatic N) is 1. The Labute approximate surface area is 129 Å². The average Bonchev–Trinajstić information content (AvgIpc) is 2.95. The minimum atomic E-state index is 0.324. The van der Waals surface area contributed by atoms with E-state index in [1.165, 1.54) is 37.2 Å². The Hall–Kier alpha value is -0.860. The van der Waals surface area contributed by atoms with Gasteiger partial charge in [-0.15, -0.1) is 0 Å². The molecule has 1 N–H and O–H groups in total. The number of likely N-dealkylation sites (tertiary alicyclic amines) is 1. The van der Waals surface area contributed by atoms with Crippen LogP contribution in [0.5, 0.6) is 0 Å². The molecule has 2 aliphatic heterocycles. The van der Waals surface area contributed by atoms with Crippen molar-refractivity contribution in [2.24, 2.45) is 17.8 Å². The summed E-state index contributed by atoms with van der Waals surface area (Å²) >= 11 is 0. The van der Waals surface area contributed by atoms with Crippen LogP contribution >= 0.6 is 0 Å². The SMILES string of the molecule is CC(C)Cc1ccc(CN2CC3CNCC3C2(C)C)cc1. The van der Waals surface area contributed by atoms with Gasteiger partial charge >= 0.3 is 0 Å². The Morgan fingerprint density at radius 3 is 2.43 bits per heavy atom. The van der Waals surface area contributed by atoms with Crippen molar-refractivity contribution in [1.82, 2.24) is 10.2 Å². The first-order valence-electron chi connectivity index (χ1n) is 8.50. The van der Waals surface area contributed by atoms with Crippen molar-refractivity contribution < 1.29 is 0 Å². The Bertz CT molecular complexity index is 475. The molecule has 2 atom stereocenters. The van der Waals surface area contributed by atoms with Gasteiger partial charge in [-0.05, 0) is 55.7 Å². The lowest BCUT2D eigenvalue weighted by Gasteiger charge is -2.35. The van der Waals surface area contributed by atoms with Gasteiger partial charge in [-0.1, -0.05) is 38.1 Å². The maximum Gasteiger partial charge on any atom is 0.0239 e. The van der Waals surface area contributed by atoms with Crippen molar-refractivity contribution in [3.63, 3.8) is 0 Å². The molecule has 1 aromatic rings. The molecule has 2 unspecified atom stereocenters. The number of hydrogen-bond donors (Lipinski definition) is 1. The zero-order valence-corrected chi connectivity index (χ0v) is 14.0. The highest BCUT2D eigenvalue weighted by Gasteiger charge is 2.49. The van der Waals surface area contributed by atoms with E-state index in [1.807, 2.05) is 0 Å². The Morgan fingerprint density at radius 1 is 1.14 bits per heavy atom. The normalized spacial score (nSPS) is 28.2. The van der Waals surface area contributed by atoms with Crippen LogP contribution in [0.1, 0.15) is 38.8 Å². The summed E-state index contributed by atoms with van der Waals surface area (Å²) in [4.78, 5) is 2.70. The maximum absolute atomic E-state index is 3.56. The molecule has 0 spiro atoms. The summed E-state index contributed by atoms with van der Waals surface area (Å²) in [5, 5.41) is 3.56. The first-order chi connectivity index (χ1) is 9.96. The molecule has 21 heavy (non-hydrogen) atoms. The summed E-state index contributed by atoms with van der Waals surface area (Å²) in [7, 11) is 0. The van der Waals surface area contributed by atoms with Crippen LogP contribution in [0.15, 0.2) is 24.3 Å². The Balaban J connectivity index is 1.66. The largest absolute Gasteiger partial charge is 0.316 e. The minimum absolute atomic E-state index is 0.324. The van der Waals surface area contributed by atoms with Crippen molar-refractivity contribution in [3.05, 3.63) is 35.4 Å². The summed E-state index contributed by atoms with van der Waals surface area (Å²) in [6.07, 6.45) is 1.19. The predicted octanol–water partition coefficient (Wildman–Crippen LogP) is 3.31. The van der Waals surface area contributed by atoms with E-state index in [4.69, 9.17) is 0 Å². The molecule has 0 amide bonds. The quantitative estimate of drug-likeness (QED) is 0.913. The molecular formula is C19H30N2. The zero-order chi connectivity index (χ0) is 15.0. The lowest BCUT2D eigenvalue weighted by molar-refractivity contribution is 0.132. The second-order valence-corrected chi connectivity index (χ2v) is 7.97. The van der Waals surface area contributed by atoms with Gasteiger partial charge in [0.2, 0.25) is 0 Å². The van der Waals surface area contributed by atoms with Crippen molar-refractivity contribution >= 4 is 0 Å². The molecule has 0 radical (unpaired) electrons. The molecule has 2 saturated heterocycles. The van der Waals surface area contributed by atoms with Gasteiger partial charge in [0.15, 0.2) is 0 Å². The highest BCUT2D eigenvalue weighted by atomic mass is 15.2. The van der Waals surface area contributed by atoms with Crippen LogP contribution in [0.3, 0.4) is 0 Å². The topological polar surface area (TPSA) is 15.3 Å². The molecule has 2 heterocycles. The number of fused-ring (bicyclic) bond motifs is 1. The van der Waals surface area contributed by atoms with Gasteiger partial charge in [0.1, 0.15) is 0 Å². The van der Waals surface area contributed by atoms with Crippen LogP contribution in [-0.4, -0.2) is 30.1 Å². The van der Waals surface area contributed by atoms with Gasteiger partial charge < -0.3 is 5.32 Å². The summed E-state index contributed by atoms with van der Waals surface area (Å²) < 4.78 is 0. The number of nitrogens with one attached hydrogen (secondary N) is 1. The number of rotatable bonds is 4. The highest BCUT2D eigenvalue weighted by Crippen LogP contribution is 2.41. The standard InChI is InChI=1S/C19H30N2/c1-14(2)9-15-5-7-16(8-6-15)12-21-13-17-10-20-11-18(17)19(21,3)4/h5-8,14,17-18,20H,9-13H2,1-4H3. The van der Waals surface area contributed by atoms with Crippen LogP contribution in [-0.2, 0) is 13.0 Å². The number of benzene rings is 1. The van der Waals surface area contributed by atoms with Crippen LogP contribution in [0.25, 0.3) is 0 Å². The van der Waals surface area contributed by atoms with E-state index in [-0.39, 0.29) is 0 Å². The lowest BCUT2D eigenvalue weighted by atomic mass is 9.85. The molecule has 0 bridgehead atoms. The molecule has 2 fully saturated rings. The van der Waals surface area contributed by atoms with Gasteiger partial charge in [-0.25, -0.2) is 0 Å². The Morgan fingerprint density at radius 2 is 1.81 bits per heavy atom. The summed E-state index contributed by atoms with van der Waals surface area (Å²) in [5.41, 5.74) is 3.25. The molecule has 2 heteroatoms. The third kappa shape index (κ3) is 3.02. The molecule has 3 rings (SSSR count). The summed E-state index contributed by atoms with van der Waals surface area (Å²) in [6, 6.07) is 9.31. The van der Waals surface area contributed by atoms with Gasteiger partial charge in [0, 0.05) is 25.2 Å². The molecular weight excluding hydrogens is 256 g/mol. The maximum atomic E-state index is 3.56. The fourth-order valence-corrected chi connectivity index (χ4v) is 4.25. The van der Waals surface area contributed by atoms with E-state index in [0.717, 1.165) is 24.3 Å². The second-order valence-electron chi connectivity index (χ2n) is 7.97. The molecule has 2 aliphatic rings. The Kier molecular flexibility index (Phi) is 4.11. The van der Waals surface area contributed by atoms with E-state index in [0.29, 0.717) is 5.54 Å². The monoisotopic (exact) mass is 286 g/mol. The number of hydrogen-bond acceptors (Lipinski definition) is 2. The van der Waals surface area contributed by atoms with E-state index < -0.39 is 0 Å². The molecule has 0 saturated carbocycles. The molecule has 116 valence electrons. The predicted molar refractivity (Wildman–Crippen MR) is 89.3 cm³/mol. The van der Waals surface area contributed by atoms with Crippen LogP contribution < -0.4 is 5.32 Å². The van der Waals surface area contributed by atoms with E-state index >= 15 is 0 Å². The van der Waals surface area contributed by atoms with Crippen LogP contribution in [0.2, 0.25) is 0 Å². The molecule has 0 aromatic heterocycles. The average molecular weight is 286 g/mol. The van der Waals surface area contributed by atoms with E-state index in [9.17, 15) is 0 Å². The van der Waals surface area contributed by atoms with E-state index in [2.05, 4.69) is 62.2 Å². The van der Waals surface area contributed by atoms with Gasteiger partial charge in [0.25, 0.3) is 0 Å². The summed E-state index contributed by atoms with van der Waals surface area (Å²) in [5.74, 6) is 2.40. The van der Waals surface area contributed by atoms with Crippen molar-refractivity contribution in [3.8, 4) is 0 Å². The smallest absolute Gasteiger partial charge is 0.0239 e. The first-order valence-corrected chi connectivity index (χ1v) is 8.50. The third-order valence-corrected chi connectivity index (χ3v) is 5.56. The molecule has 2 nitrogen and oxygen atoms in total. The van der Waals surface area contributed by atoms with Crippen molar-refractivity contribution in [2.45, 2.75) is 46.2 Å². The van der Waals surface area contributed by atoms with E-state index in [1.54, 1.807) is 0 Å². The highest BCUT2D eigenvalue weighted by molar-refractivity contribution is 5.23. The van der Waals surface area contributed by atoms with Gasteiger partial charge in [0.05, 0.1) is 0 Å². The fraction of sp³-hybridized carbons (Fsp3) is 0.684. The lowest BCUT2D eigenvalue weighted by Crippen LogP contribution is -2.43. The fourth-order valence-electron chi connectivity index (χ4n) is 4.25. The summed E-state index contributed by atoms with van der Waals surface area (Å²) in [6.45, 7) is 14.2. The minimum Gasteiger partial charge on any atom is -0.316 e. The van der Waals surface area contributed by atoms with Crippen molar-refractivity contribution in [2.75, 3.05) is 19.6 Å². The van der Waals surface area contributed by atoms with Crippen LogP contribution in [0.4, 0.5) is 0 Å². The van der Waals surface area contributed by atoms with Gasteiger partial charge in [-0.2, -0.15) is 0 Å². The third-order valence-electron chi connectivity index (χ3n) is 5.56. The second kappa shape index (κ2) is 5.73. The molecule has 1 aromatic carbocycles. The van der Waals surface area contributed by atoms with Gasteiger partial charge in [-0.3, -0.25) is 4.90 Å². The van der Waals surface area contributed by atoms with Crippen LogP contribution in [0, 0.1) is 17.8 Å². The van der Waals surface area contributed by atoms with Crippen molar-refractivity contribution in [1.29, 1.82) is 0 Å². The zero-order valence-electron chi connectivity index (χ0n) is 14.0. The molecule has 0 aliphatic carbocycles.